The summed E-state index contributed by atoms with van der Waals surface area (Å²) in [5.74, 6) is -2.21. The largest absolute Gasteiger partial charge is 0.379 e. The third kappa shape index (κ3) is 13.0. The smallest absolute Gasteiger partial charge is 0.243 e. The van der Waals surface area contributed by atoms with Gasteiger partial charge in [0, 0.05) is 19.5 Å². The summed E-state index contributed by atoms with van der Waals surface area (Å²) >= 11 is 0. The van der Waals surface area contributed by atoms with Crippen LogP contribution >= 0.6 is 0 Å². The van der Waals surface area contributed by atoms with E-state index < -0.39 is 47.5 Å². The molecule has 2 aliphatic heterocycles. The van der Waals surface area contributed by atoms with Crippen molar-refractivity contribution < 1.29 is 33.4 Å². The van der Waals surface area contributed by atoms with Crippen LogP contribution in [0.5, 0.6) is 0 Å². The summed E-state index contributed by atoms with van der Waals surface area (Å²) in [6.07, 6.45) is 1.44. The van der Waals surface area contributed by atoms with Gasteiger partial charge in [0.05, 0.1) is 32.4 Å². The van der Waals surface area contributed by atoms with Crippen LogP contribution in [0.25, 0.3) is 0 Å². The highest BCUT2D eigenvalue weighted by atomic mass is 16.6. The number of epoxide rings is 1. The Morgan fingerprint density at radius 3 is 1.87 bits per heavy atom. The van der Waals surface area contributed by atoms with Gasteiger partial charge in [-0.15, -0.1) is 0 Å². The first kappa shape index (κ1) is 41.6. The number of amides is 4. The highest BCUT2D eigenvalue weighted by Crippen LogP contribution is 2.29. The van der Waals surface area contributed by atoms with E-state index in [2.05, 4.69) is 21.3 Å². The first-order valence-electron chi connectivity index (χ1n) is 19.0. The maximum atomic E-state index is 14.3. The molecule has 6 atom stereocenters. The Balaban J connectivity index is 1.54. The zero-order chi connectivity index (χ0) is 38.5. The fraction of sp³-hybridized carbons (Fsp3) is 0.585. The normalized spacial score (nSPS) is 20.1. The molecule has 0 radical (unpaired) electrons. The number of nitrogens with one attached hydrogen (secondary N) is 4. The van der Waals surface area contributed by atoms with Crippen molar-refractivity contribution in [3.63, 3.8) is 0 Å². The van der Waals surface area contributed by atoms with Gasteiger partial charge >= 0.3 is 0 Å². The second-order valence-electron chi connectivity index (χ2n) is 15.4. The SMILES string of the molecule is CC(C)C[C@H](NC(=O)[C@H](Cc1ccccc1)NC(=O)[C@@H](NC(=O)[C@H](CCc1ccccc1)NC(=O)CN1CCOCC1)C(C)C(C)C)C(=O)[C@@]1(C)CO1. The van der Waals surface area contributed by atoms with Crippen molar-refractivity contribution in [1.82, 2.24) is 26.2 Å². The van der Waals surface area contributed by atoms with E-state index in [0.29, 0.717) is 52.2 Å². The molecule has 12 heteroatoms. The summed E-state index contributed by atoms with van der Waals surface area (Å²) in [5, 5.41) is 11.8. The van der Waals surface area contributed by atoms with Gasteiger partial charge in [0.1, 0.15) is 23.7 Å². The van der Waals surface area contributed by atoms with Crippen LogP contribution in [0, 0.1) is 17.8 Å². The molecular formula is C41H59N5O7. The van der Waals surface area contributed by atoms with Crippen molar-refractivity contribution >= 4 is 29.4 Å². The van der Waals surface area contributed by atoms with E-state index in [-0.39, 0.29) is 42.4 Å². The summed E-state index contributed by atoms with van der Waals surface area (Å²) in [4.78, 5) is 71.0. The number of hydrogen-bond acceptors (Lipinski definition) is 8. The van der Waals surface area contributed by atoms with Crippen LogP contribution in [0.2, 0.25) is 0 Å². The van der Waals surface area contributed by atoms with Crippen molar-refractivity contribution in [2.75, 3.05) is 39.5 Å². The van der Waals surface area contributed by atoms with Crippen molar-refractivity contribution in [3.8, 4) is 0 Å². The Morgan fingerprint density at radius 2 is 1.30 bits per heavy atom. The monoisotopic (exact) mass is 733 g/mol. The van der Waals surface area contributed by atoms with Crippen molar-refractivity contribution in [3.05, 3.63) is 71.8 Å². The third-order valence-corrected chi connectivity index (χ3v) is 10.2. The number of carbonyl (C=O) groups excluding carboxylic acids is 5. The third-order valence-electron chi connectivity index (χ3n) is 10.2. The van der Waals surface area contributed by atoms with Crippen molar-refractivity contribution in [2.45, 2.75) is 97.0 Å². The fourth-order valence-electron chi connectivity index (χ4n) is 6.42. The highest BCUT2D eigenvalue weighted by molar-refractivity contribution is 5.99. The lowest BCUT2D eigenvalue weighted by molar-refractivity contribution is -0.136. The molecule has 0 bridgehead atoms. The number of benzene rings is 2. The molecule has 2 heterocycles. The molecule has 4 rings (SSSR count). The van der Waals surface area contributed by atoms with Crippen LogP contribution in [0.3, 0.4) is 0 Å². The lowest BCUT2D eigenvalue weighted by Crippen LogP contribution is -2.60. The van der Waals surface area contributed by atoms with E-state index in [9.17, 15) is 24.0 Å². The van der Waals surface area contributed by atoms with Crippen LogP contribution < -0.4 is 21.3 Å². The number of carbonyl (C=O) groups is 5. The maximum Gasteiger partial charge on any atom is 0.243 e. The van der Waals surface area contributed by atoms with Gasteiger partial charge in [-0.3, -0.25) is 28.9 Å². The molecule has 53 heavy (non-hydrogen) atoms. The molecule has 2 aromatic carbocycles. The second kappa shape index (κ2) is 19.8. The number of morpholine rings is 1. The Hall–Kier alpha value is -4.13. The number of ether oxygens (including phenoxy) is 2. The van der Waals surface area contributed by atoms with E-state index in [0.717, 1.165) is 11.1 Å². The number of aryl methyl sites for hydroxylation is 1. The van der Waals surface area contributed by atoms with Crippen molar-refractivity contribution in [1.29, 1.82) is 0 Å². The molecule has 290 valence electrons. The number of nitrogens with zero attached hydrogens (tertiary/aromatic N) is 1. The van der Waals surface area contributed by atoms with E-state index >= 15 is 0 Å². The molecule has 2 aliphatic rings. The van der Waals surface area contributed by atoms with Gasteiger partial charge in [-0.25, -0.2) is 0 Å². The molecule has 4 N–H and O–H groups in total. The molecule has 2 aromatic rings. The number of ketones is 1. The molecule has 4 amide bonds. The van der Waals surface area contributed by atoms with Gasteiger partial charge in [0.15, 0.2) is 5.78 Å². The zero-order valence-corrected chi connectivity index (χ0v) is 32.2. The minimum atomic E-state index is -1.04. The summed E-state index contributed by atoms with van der Waals surface area (Å²) in [7, 11) is 0. The lowest BCUT2D eigenvalue weighted by atomic mass is 9.89. The van der Waals surface area contributed by atoms with Gasteiger partial charge in [-0.1, -0.05) is 95.3 Å². The summed E-state index contributed by atoms with van der Waals surface area (Å²) in [6.45, 7) is 14.2. The molecule has 1 unspecified atom stereocenters. The predicted octanol–water partition coefficient (Wildman–Crippen LogP) is 2.83. The molecule has 2 saturated heterocycles. The first-order valence-corrected chi connectivity index (χ1v) is 19.0. The Kier molecular flexibility index (Phi) is 15.6. The van der Waals surface area contributed by atoms with Crippen molar-refractivity contribution in [2.24, 2.45) is 17.8 Å². The van der Waals surface area contributed by atoms with Crippen LogP contribution in [-0.2, 0) is 46.3 Å². The van der Waals surface area contributed by atoms with E-state index in [1.807, 2.05) is 100 Å². The number of Topliss-reactive ketones (excluding diaryl/α,β-unsaturated/α-hetero) is 1. The van der Waals surface area contributed by atoms with Crippen LogP contribution in [0.1, 0.15) is 65.5 Å². The van der Waals surface area contributed by atoms with Gasteiger partial charge in [-0.05, 0) is 55.1 Å². The summed E-state index contributed by atoms with van der Waals surface area (Å²) < 4.78 is 10.8. The molecule has 0 aliphatic carbocycles. The second-order valence-corrected chi connectivity index (χ2v) is 15.4. The summed E-state index contributed by atoms with van der Waals surface area (Å²) in [6, 6.07) is 15.3. The molecular weight excluding hydrogens is 674 g/mol. The predicted molar refractivity (Wildman–Crippen MR) is 203 cm³/mol. The van der Waals surface area contributed by atoms with Crippen LogP contribution in [0.15, 0.2) is 60.7 Å². The van der Waals surface area contributed by atoms with Gasteiger partial charge in [0.25, 0.3) is 0 Å². The maximum absolute atomic E-state index is 14.3. The highest BCUT2D eigenvalue weighted by Gasteiger charge is 2.50. The topological polar surface area (TPSA) is 158 Å². The zero-order valence-electron chi connectivity index (χ0n) is 32.2. The van der Waals surface area contributed by atoms with E-state index in [1.165, 1.54) is 0 Å². The molecule has 12 nitrogen and oxygen atoms in total. The standard InChI is InChI=1S/C41H59N5O7/c1-27(2)23-33(37(48)41(6)26-53-41)43-39(50)34(24-31-15-11-8-12-16-31)44-40(51)36(29(5)28(3)4)45-38(49)32(18-17-30-13-9-7-10-14-30)42-35(47)25-46-19-21-52-22-20-46/h7-16,27-29,32-34,36H,17-26H2,1-6H3,(H,42,47)(H,43,50)(H,44,51)(H,45,49)/t29?,32-,33-,34-,36-,41+/m0/s1. The summed E-state index contributed by atoms with van der Waals surface area (Å²) in [5.41, 5.74) is 0.907. The number of hydrogen-bond donors (Lipinski definition) is 4. The van der Waals surface area contributed by atoms with E-state index in [4.69, 9.17) is 9.47 Å². The molecule has 2 fully saturated rings. The first-order chi connectivity index (χ1) is 25.3. The quantitative estimate of drug-likeness (QED) is 0.151. The number of rotatable bonds is 20. The Bertz CT molecular complexity index is 1510. The molecule has 0 aromatic heterocycles. The molecule has 0 spiro atoms. The van der Waals surface area contributed by atoms with Gasteiger partial charge in [0.2, 0.25) is 23.6 Å². The van der Waals surface area contributed by atoms with Gasteiger partial charge in [-0.2, -0.15) is 0 Å². The minimum absolute atomic E-state index is 0.0153. The Morgan fingerprint density at radius 1 is 0.736 bits per heavy atom. The lowest BCUT2D eigenvalue weighted by Gasteiger charge is -2.31. The van der Waals surface area contributed by atoms with Crippen LogP contribution in [-0.4, -0.2) is 104 Å². The average molecular weight is 734 g/mol. The average Bonchev–Trinajstić information content (AvgIpc) is 3.90. The van der Waals surface area contributed by atoms with Gasteiger partial charge < -0.3 is 30.7 Å². The molecule has 0 saturated carbocycles. The fourth-order valence-corrected chi connectivity index (χ4v) is 6.42. The van der Waals surface area contributed by atoms with E-state index in [1.54, 1.807) is 6.92 Å². The van der Waals surface area contributed by atoms with Crippen LogP contribution in [0.4, 0.5) is 0 Å². The Labute approximate surface area is 314 Å². The minimum Gasteiger partial charge on any atom is -0.379 e.